The lowest BCUT2D eigenvalue weighted by Gasteiger charge is -2.21. The van der Waals surface area contributed by atoms with E-state index in [1.54, 1.807) is 24.3 Å². The molecule has 0 bridgehead atoms. The third kappa shape index (κ3) is 7.14. The number of amides is 2. The minimum absolute atomic E-state index is 0.0312. The van der Waals surface area contributed by atoms with Gasteiger partial charge in [0, 0.05) is 30.0 Å². The van der Waals surface area contributed by atoms with E-state index >= 15 is 0 Å². The van der Waals surface area contributed by atoms with Crippen LogP contribution >= 0.6 is 0 Å². The van der Waals surface area contributed by atoms with Crippen LogP contribution in [0.3, 0.4) is 0 Å². The van der Waals surface area contributed by atoms with E-state index in [-0.39, 0.29) is 18.4 Å². The Morgan fingerprint density at radius 1 is 0.862 bits per heavy atom. The Hall–Kier alpha value is -3.02. The lowest BCUT2D eigenvalue weighted by atomic mass is 10.1. The van der Waals surface area contributed by atoms with Crippen molar-refractivity contribution >= 4 is 23.2 Å². The summed E-state index contributed by atoms with van der Waals surface area (Å²) in [6.45, 7) is 8.34. The average molecular weight is 398 g/mol. The minimum atomic E-state index is -0.156. The molecule has 6 heteroatoms. The molecule has 6 nitrogen and oxygen atoms in total. The summed E-state index contributed by atoms with van der Waals surface area (Å²) in [5, 5.41) is 5.92. The van der Waals surface area contributed by atoms with Crippen LogP contribution in [-0.2, 0) is 4.79 Å². The molecule has 0 atom stereocenters. The van der Waals surface area contributed by atoms with E-state index in [9.17, 15) is 9.59 Å². The van der Waals surface area contributed by atoms with Gasteiger partial charge in [0.15, 0.2) is 0 Å². The van der Waals surface area contributed by atoms with E-state index in [1.165, 1.54) is 0 Å². The lowest BCUT2D eigenvalue weighted by molar-refractivity contribution is -0.114. The predicted octanol–water partition coefficient (Wildman–Crippen LogP) is 4.40. The van der Waals surface area contributed by atoms with Gasteiger partial charge >= 0.3 is 0 Å². The number of nitrogens with one attached hydrogen (secondary N) is 2. The lowest BCUT2D eigenvalue weighted by Crippen LogP contribution is -2.32. The maximum atomic E-state index is 12.6. The molecule has 2 rings (SSSR count). The zero-order valence-electron chi connectivity index (χ0n) is 17.5. The second-order valence-corrected chi connectivity index (χ2v) is 6.73. The molecule has 0 aliphatic rings. The van der Waals surface area contributed by atoms with Gasteiger partial charge in [-0.3, -0.25) is 9.59 Å². The van der Waals surface area contributed by atoms with Gasteiger partial charge in [-0.05, 0) is 68.3 Å². The quantitative estimate of drug-likeness (QED) is 0.590. The summed E-state index contributed by atoms with van der Waals surface area (Å²) in [5.41, 5.74) is 2.14. The van der Waals surface area contributed by atoms with Crippen LogP contribution in [0.4, 0.5) is 11.4 Å². The highest BCUT2D eigenvalue weighted by Gasteiger charge is 2.14. The zero-order valence-corrected chi connectivity index (χ0v) is 17.5. The van der Waals surface area contributed by atoms with Crippen molar-refractivity contribution < 1.29 is 14.3 Å². The molecule has 0 spiro atoms. The largest absolute Gasteiger partial charge is 0.494 e. The fourth-order valence-corrected chi connectivity index (χ4v) is 2.96. The Balaban J connectivity index is 1.86. The van der Waals surface area contributed by atoms with Crippen molar-refractivity contribution in [3.63, 3.8) is 0 Å². The molecule has 0 radical (unpaired) electrons. The molecule has 0 fully saturated rings. The molecule has 2 aromatic carbocycles. The van der Waals surface area contributed by atoms with E-state index in [0.717, 1.165) is 37.4 Å². The number of hydrogen-bond acceptors (Lipinski definition) is 4. The van der Waals surface area contributed by atoms with Gasteiger partial charge in [-0.2, -0.15) is 0 Å². The van der Waals surface area contributed by atoms with Crippen LogP contribution in [-0.4, -0.2) is 43.0 Å². The fraction of sp³-hybridized carbons (Fsp3) is 0.391. The molecule has 29 heavy (non-hydrogen) atoms. The molecule has 0 saturated carbocycles. The van der Waals surface area contributed by atoms with Gasteiger partial charge in [0.2, 0.25) is 5.91 Å². The Bertz CT molecular complexity index is 767. The van der Waals surface area contributed by atoms with Crippen LogP contribution in [0.25, 0.3) is 0 Å². The summed E-state index contributed by atoms with van der Waals surface area (Å²) >= 11 is 0. The van der Waals surface area contributed by atoms with Gasteiger partial charge < -0.3 is 20.3 Å². The van der Waals surface area contributed by atoms with Gasteiger partial charge in [0.1, 0.15) is 5.75 Å². The van der Waals surface area contributed by atoms with E-state index in [1.807, 2.05) is 36.1 Å². The highest BCUT2D eigenvalue weighted by molar-refractivity contribution is 5.96. The second-order valence-electron chi connectivity index (χ2n) is 6.73. The number of nitrogens with zero attached hydrogens (tertiary/aromatic N) is 1. The van der Waals surface area contributed by atoms with Gasteiger partial charge in [0.05, 0.1) is 13.2 Å². The first-order valence-corrected chi connectivity index (χ1v) is 10.2. The highest BCUT2D eigenvalue weighted by Crippen LogP contribution is 2.16. The molecule has 0 heterocycles. The van der Waals surface area contributed by atoms with E-state index in [0.29, 0.717) is 17.9 Å². The van der Waals surface area contributed by atoms with E-state index in [4.69, 9.17) is 4.74 Å². The van der Waals surface area contributed by atoms with Crippen LogP contribution < -0.4 is 15.4 Å². The minimum Gasteiger partial charge on any atom is -0.494 e. The summed E-state index contributed by atoms with van der Waals surface area (Å²) in [5.74, 6) is 0.675. The molecule has 0 unspecified atom stereocenters. The zero-order chi connectivity index (χ0) is 21.1. The van der Waals surface area contributed by atoms with Crippen molar-refractivity contribution in [2.75, 3.05) is 36.9 Å². The number of anilines is 2. The van der Waals surface area contributed by atoms with Crippen molar-refractivity contribution in [1.82, 2.24) is 4.90 Å². The molecule has 2 amide bonds. The van der Waals surface area contributed by atoms with Crippen LogP contribution in [0.15, 0.2) is 48.5 Å². The number of ether oxygens (including phenoxy) is 1. The Kier molecular flexibility index (Phi) is 9.02. The average Bonchev–Trinajstić information content (AvgIpc) is 2.73. The van der Waals surface area contributed by atoms with Crippen molar-refractivity contribution in [2.45, 2.75) is 33.6 Å². The predicted molar refractivity (Wildman–Crippen MR) is 118 cm³/mol. The normalized spacial score (nSPS) is 10.3. The van der Waals surface area contributed by atoms with Crippen molar-refractivity contribution in [2.24, 2.45) is 0 Å². The van der Waals surface area contributed by atoms with Crippen molar-refractivity contribution in [3.05, 3.63) is 54.1 Å². The van der Waals surface area contributed by atoms with E-state index in [2.05, 4.69) is 24.5 Å². The maximum absolute atomic E-state index is 12.6. The monoisotopic (exact) mass is 397 g/mol. The van der Waals surface area contributed by atoms with Crippen LogP contribution in [0.2, 0.25) is 0 Å². The van der Waals surface area contributed by atoms with Crippen LogP contribution in [0.5, 0.6) is 5.75 Å². The van der Waals surface area contributed by atoms with Crippen molar-refractivity contribution in [3.8, 4) is 5.75 Å². The summed E-state index contributed by atoms with van der Waals surface area (Å²) < 4.78 is 5.40. The summed E-state index contributed by atoms with van der Waals surface area (Å²) in [6, 6.07) is 14.5. The molecular weight excluding hydrogens is 366 g/mol. The van der Waals surface area contributed by atoms with Crippen molar-refractivity contribution in [1.29, 1.82) is 0 Å². The smallest absolute Gasteiger partial charge is 0.253 e. The maximum Gasteiger partial charge on any atom is 0.253 e. The van der Waals surface area contributed by atoms with Gasteiger partial charge in [-0.25, -0.2) is 0 Å². The number of hydrogen-bond donors (Lipinski definition) is 2. The number of rotatable bonds is 11. The first-order valence-electron chi connectivity index (χ1n) is 10.2. The molecule has 0 aliphatic carbocycles. The SMILES string of the molecule is CCCN(CCC)C(=O)c1ccc(NC(=O)CNc2ccc(OCC)cc2)cc1. The number of carbonyl (C=O) groups excluding carboxylic acids is 2. The number of carbonyl (C=O) groups is 2. The third-order valence-corrected chi connectivity index (χ3v) is 4.31. The Morgan fingerprint density at radius 3 is 2.00 bits per heavy atom. The topological polar surface area (TPSA) is 70.7 Å². The molecule has 2 aromatic rings. The summed E-state index contributed by atoms with van der Waals surface area (Å²) in [7, 11) is 0. The first-order chi connectivity index (χ1) is 14.1. The van der Waals surface area contributed by atoms with Crippen LogP contribution in [0.1, 0.15) is 44.0 Å². The molecule has 0 aromatic heterocycles. The summed E-state index contributed by atoms with van der Waals surface area (Å²) in [4.78, 5) is 26.7. The first kappa shape index (κ1) is 22.3. The van der Waals surface area contributed by atoms with Gasteiger partial charge in [-0.15, -0.1) is 0 Å². The molecule has 0 saturated heterocycles. The molecule has 2 N–H and O–H groups in total. The van der Waals surface area contributed by atoms with Gasteiger partial charge in [-0.1, -0.05) is 13.8 Å². The molecular formula is C23H31N3O3. The Morgan fingerprint density at radius 2 is 1.45 bits per heavy atom. The van der Waals surface area contributed by atoms with E-state index < -0.39 is 0 Å². The number of benzene rings is 2. The second kappa shape index (κ2) is 11.7. The Labute approximate surface area is 173 Å². The standard InChI is InChI=1S/C23H31N3O3/c1-4-15-26(16-5-2)23(28)18-7-9-20(10-8-18)25-22(27)17-24-19-11-13-21(14-12-19)29-6-3/h7-14,24H,4-6,15-17H2,1-3H3,(H,25,27). The van der Waals surface area contributed by atoms with Gasteiger partial charge in [0.25, 0.3) is 5.91 Å². The highest BCUT2D eigenvalue weighted by atomic mass is 16.5. The third-order valence-electron chi connectivity index (χ3n) is 4.31. The molecule has 0 aliphatic heterocycles. The summed E-state index contributed by atoms with van der Waals surface area (Å²) in [6.07, 6.45) is 1.86. The molecule has 156 valence electrons. The fourth-order valence-electron chi connectivity index (χ4n) is 2.96. The van der Waals surface area contributed by atoms with Crippen LogP contribution in [0, 0.1) is 0 Å².